The number of rotatable bonds is 8. The first-order valence-corrected chi connectivity index (χ1v) is 10.4. The van der Waals surface area contributed by atoms with Crippen molar-refractivity contribution in [3.8, 4) is 0 Å². The number of hydrogen-bond donors (Lipinski definition) is 2. The van der Waals surface area contributed by atoms with E-state index >= 15 is 0 Å². The third-order valence-electron chi connectivity index (χ3n) is 5.44. The van der Waals surface area contributed by atoms with Crippen LogP contribution >= 0.6 is 0 Å². The molecule has 0 bridgehead atoms. The molecule has 0 aliphatic heterocycles. The summed E-state index contributed by atoms with van der Waals surface area (Å²) < 4.78 is 5.21. The number of nitrogens with one attached hydrogen (secondary N) is 2. The molecule has 1 heterocycles. The summed E-state index contributed by atoms with van der Waals surface area (Å²) in [7, 11) is 0. The first-order valence-electron chi connectivity index (χ1n) is 10.4. The van der Waals surface area contributed by atoms with Crippen LogP contribution in [0.25, 0.3) is 0 Å². The molecule has 1 fully saturated rings. The molecule has 1 aliphatic carbocycles. The number of nitrogens with zero attached hydrogens (tertiary/aromatic N) is 1. The van der Waals surface area contributed by atoms with Crippen molar-refractivity contribution in [1.82, 2.24) is 10.3 Å². The number of ether oxygens (including phenoxy) is 1. The molecule has 1 aromatic heterocycles. The van der Waals surface area contributed by atoms with Crippen molar-refractivity contribution in [2.24, 2.45) is 11.8 Å². The lowest BCUT2D eigenvalue weighted by Crippen LogP contribution is -2.28. The maximum atomic E-state index is 12.4. The first kappa shape index (κ1) is 20.8. The summed E-state index contributed by atoms with van der Waals surface area (Å²) >= 11 is 0. The van der Waals surface area contributed by atoms with E-state index in [2.05, 4.69) is 15.6 Å². The lowest BCUT2D eigenvalue weighted by atomic mass is 9.79. The number of carbonyl (C=O) groups excluding carboxylic acids is 2. The van der Waals surface area contributed by atoms with Crippen LogP contribution in [0.3, 0.4) is 0 Å². The van der Waals surface area contributed by atoms with Crippen LogP contribution in [0, 0.1) is 11.8 Å². The highest BCUT2D eigenvalue weighted by Gasteiger charge is 2.26. The molecule has 2 amide bonds. The molecule has 0 saturated heterocycles. The second kappa shape index (κ2) is 11.2. The number of hydrogen-bond acceptors (Lipinski definition) is 4. The number of benzene rings is 1. The quantitative estimate of drug-likeness (QED) is 0.644. The SMILES string of the molecule is O=C(NCCCC1CCC(C(=O)Nc2ccncc2)CC1)OCc1ccccc1. The Morgan fingerprint density at radius 2 is 1.72 bits per heavy atom. The second-order valence-electron chi connectivity index (χ2n) is 7.57. The molecule has 6 nitrogen and oxygen atoms in total. The van der Waals surface area contributed by atoms with Gasteiger partial charge in [-0.3, -0.25) is 9.78 Å². The highest BCUT2D eigenvalue weighted by atomic mass is 16.5. The Bertz CT molecular complexity index is 759. The fourth-order valence-corrected chi connectivity index (χ4v) is 3.75. The molecule has 1 aromatic carbocycles. The maximum Gasteiger partial charge on any atom is 0.407 e. The third kappa shape index (κ3) is 7.22. The van der Waals surface area contributed by atoms with Crippen LogP contribution in [-0.2, 0) is 16.1 Å². The van der Waals surface area contributed by atoms with Crippen LogP contribution in [0.4, 0.5) is 10.5 Å². The molecule has 2 aromatic rings. The molecule has 1 aliphatic rings. The molecule has 0 unspecified atom stereocenters. The molecule has 29 heavy (non-hydrogen) atoms. The average molecular weight is 396 g/mol. The zero-order chi connectivity index (χ0) is 20.3. The molecular formula is C23H29N3O3. The van der Waals surface area contributed by atoms with E-state index in [4.69, 9.17) is 4.74 Å². The Hall–Kier alpha value is -2.89. The average Bonchev–Trinajstić information content (AvgIpc) is 2.77. The molecule has 3 rings (SSSR count). The van der Waals surface area contributed by atoms with Crippen molar-refractivity contribution in [1.29, 1.82) is 0 Å². The number of amides is 2. The molecule has 0 spiro atoms. The summed E-state index contributed by atoms with van der Waals surface area (Å²) in [6.07, 6.45) is 8.96. The van der Waals surface area contributed by atoms with E-state index in [0.29, 0.717) is 12.5 Å². The summed E-state index contributed by atoms with van der Waals surface area (Å²) in [5.41, 5.74) is 1.78. The normalized spacial score (nSPS) is 18.6. The van der Waals surface area contributed by atoms with Gasteiger partial charge in [-0.2, -0.15) is 0 Å². The number of anilines is 1. The van der Waals surface area contributed by atoms with E-state index in [1.54, 1.807) is 24.5 Å². The van der Waals surface area contributed by atoms with Crippen molar-refractivity contribution >= 4 is 17.7 Å². The van der Waals surface area contributed by atoms with Gasteiger partial charge in [-0.25, -0.2) is 4.79 Å². The van der Waals surface area contributed by atoms with Gasteiger partial charge in [-0.15, -0.1) is 0 Å². The Morgan fingerprint density at radius 1 is 1.00 bits per heavy atom. The predicted molar refractivity (Wildman–Crippen MR) is 112 cm³/mol. The largest absolute Gasteiger partial charge is 0.445 e. The van der Waals surface area contributed by atoms with Gasteiger partial charge in [0, 0.05) is 30.5 Å². The van der Waals surface area contributed by atoms with Crippen LogP contribution in [0.5, 0.6) is 0 Å². The van der Waals surface area contributed by atoms with E-state index < -0.39 is 0 Å². The van der Waals surface area contributed by atoms with Crippen LogP contribution in [0.1, 0.15) is 44.1 Å². The van der Waals surface area contributed by atoms with E-state index in [9.17, 15) is 9.59 Å². The Kier molecular flexibility index (Phi) is 8.04. The van der Waals surface area contributed by atoms with Gasteiger partial charge in [-0.1, -0.05) is 30.3 Å². The molecule has 6 heteroatoms. The Labute approximate surface area is 172 Å². The van der Waals surface area contributed by atoms with E-state index in [-0.39, 0.29) is 24.5 Å². The monoisotopic (exact) mass is 395 g/mol. The number of aromatic nitrogens is 1. The molecule has 1 saturated carbocycles. The molecule has 154 valence electrons. The van der Waals surface area contributed by atoms with Crippen molar-refractivity contribution in [3.63, 3.8) is 0 Å². The summed E-state index contributed by atoms with van der Waals surface area (Å²) in [5, 5.41) is 5.79. The third-order valence-corrected chi connectivity index (χ3v) is 5.44. The zero-order valence-electron chi connectivity index (χ0n) is 16.7. The van der Waals surface area contributed by atoms with Crippen molar-refractivity contribution in [2.45, 2.75) is 45.1 Å². The van der Waals surface area contributed by atoms with Crippen molar-refractivity contribution < 1.29 is 14.3 Å². The highest BCUT2D eigenvalue weighted by Crippen LogP contribution is 2.32. The van der Waals surface area contributed by atoms with Crippen LogP contribution in [-0.4, -0.2) is 23.5 Å². The van der Waals surface area contributed by atoms with Crippen molar-refractivity contribution in [2.75, 3.05) is 11.9 Å². The molecule has 0 atom stereocenters. The molecule has 2 N–H and O–H groups in total. The maximum absolute atomic E-state index is 12.4. The first-order chi connectivity index (χ1) is 14.2. The van der Waals surface area contributed by atoms with E-state index in [1.807, 2.05) is 30.3 Å². The number of carbonyl (C=O) groups is 2. The zero-order valence-corrected chi connectivity index (χ0v) is 16.7. The molecule has 0 radical (unpaired) electrons. The predicted octanol–water partition coefficient (Wildman–Crippen LogP) is 4.53. The van der Waals surface area contributed by atoms with Gasteiger partial charge in [0.1, 0.15) is 6.61 Å². The Morgan fingerprint density at radius 3 is 2.45 bits per heavy atom. The van der Waals surface area contributed by atoms with Gasteiger partial charge >= 0.3 is 6.09 Å². The minimum atomic E-state index is -0.370. The van der Waals surface area contributed by atoms with Crippen LogP contribution < -0.4 is 10.6 Å². The lowest BCUT2D eigenvalue weighted by Gasteiger charge is -2.27. The summed E-state index contributed by atoms with van der Waals surface area (Å²) in [4.78, 5) is 28.1. The van der Waals surface area contributed by atoms with Gasteiger partial charge < -0.3 is 15.4 Å². The fourth-order valence-electron chi connectivity index (χ4n) is 3.75. The number of pyridine rings is 1. The van der Waals surface area contributed by atoms with Crippen LogP contribution in [0.15, 0.2) is 54.9 Å². The van der Waals surface area contributed by atoms with Gasteiger partial charge in [0.2, 0.25) is 5.91 Å². The second-order valence-corrected chi connectivity index (χ2v) is 7.57. The number of alkyl carbamates (subject to hydrolysis) is 1. The van der Waals surface area contributed by atoms with E-state index in [0.717, 1.165) is 49.8 Å². The lowest BCUT2D eigenvalue weighted by molar-refractivity contribution is -0.121. The summed E-state index contributed by atoms with van der Waals surface area (Å²) in [6.45, 7) is 0.911. The summed E-state index contributed by atoms with van der Waals surface area (Å²) in [6, 6.07) is 13.3. The van der Waals surface area contributed by atoms with Gasteiger partial charge in [0.15, 0.2) is 0 Å². The van der Waals surface area contributed by atoms with Gasteiger partial charge in [-0.05, 0) is 62.1 Å². The standard InChI is InChI=1S/C23H29N3O3/c27-22(26-21-12-15-24-16-13-21)20-10-8-18(9-11-20)7-4-14-25-23(28)29-17-19-5-2-1-3-6-19/h1-3,5-6,12-13,15-16,18,20H,4,7-11,14,17H2,(H,25,28)(H,24,26,27). The minimum Gasteiger partial charge on any atom is -0.445 e. The van der Waals surface area contributed by atoms with Gasteiger partial charge in [0.05, 0.1) is 0 Å². The summed E-state index contributed by atoms with van der Waals surface area (Å²) in [5.74, 6) is 0.824. The van der Waals surface area contributed by atoms with Crippen LogP contribution in [0.2, 0.25) is 0 Å². The van der Waals surface area contributed by atoms with E-state index in [1.165, 1.54) is 0 Å². The Balaban J connectivity index is 1.25. The topological polar surface area (TPSA) is 80.3 Å². The smallest absolute Gasteiger partial charge is 0.407 e. The van der Waals surface area contributed by atoms with Gasteiger partial charge in [0.25, 0.3) is 0 Å². The fraction of sp³-hybridized carbons (Fsp3) is 0.435. The van der Waals surface area contributed by atoms with Crippen molar-refractivity contribution in [3.05, 3.63) is 60.4 Å². The highest BCUT2D eigenvalue weighted by molar-refractivity contribution is 5.92. The minimum absolute atomic E-state index is 0.0884. The molecular weight excluding hydrogens is 366 g/mol.